The molecule has 1 amide bonds. The fourth-order valence-electron chi connectivity index (χ4n) is 1.94. The van der Waals surface area contributed by atoms with Crippen molar-refractivity contribution in [2.45, 2.75) is 12.0 Å². The zero-order chi connectivity index (χ0) is 16.3. The summed E-state index contributed by atoms with van der Waals surface area (Å²) in [5.41, 5.74) is 0.725. The summed E-state index contributed by atoms with van der Waals surface area (Å²) < 4.78 is 30.3. The fraction of sp³-hybridized carbons (Fsp3) is 0.267. The molecule has 0 unspecified atom stereocenters. The maximum atomic E-state index is 12.5. The van der Waals surface area contributed by atoms with Crippen LogP contribution in [-0.2, 0) is 10.0 Å². The lowest BCUT2D eigenvalue weighted by Crippen LogP contribution is -2.30. The largest absolute Gasteiger partial charge is 0.438 e. The number of anilines is 1. The van der Waals surface area contributed by atoms with Gasteiger partial charge in [0.25, 0.3) is 15.9 Å². The van der Waals surface area contributed by atoms with E-state index < -0.39 is 10.0 Å². The first-order valence-electron chi connectivity index (χ1n) is 6.77. The Hall–Kier alpha value is -2.12. The lowest BCUT2D eigenvalue weighted by atomic mass is 10.2. The lowest BCUT2D eigenvalue weighted by Gasteiger charge is -2.19. The number of hydrogen-bond donors (Lipinski definition) is 0. The van der Waals surface area contributed by atoms with Gasteiger partial charge < -0.3 is 9.32 Å². The second kappa shape index (κ2) is 6.33. The average molecular weight is 322 g/mol. The van der Waals surface area contributed by atoms with Crippen LogP contribution >= 0.6 is 0 Å². The third kappa shape index (κ3) is 3.05. The van der Waals surface area contributed by atoms with Gasteiger partial charge in [-0.25, -0.2) is 12.7 Å². The molecule has 118 valence electrons. The molecule has 0 radical (unpaired) electrons. The highest BCUT2D eigenvalue weighted by Crippen LogP contribution is 2.21. The van der Waals surface area contributed by atoms with Crippen LogP contribution in [0.15, 0.2) is 52.0 Å². The van der Waals surface area contributed by atoms with E-state index >= 15 is 0 Å². The molecule has 0 spiro atoms. The van der Waals surface area contributed by atoms with Crippen LogP contribution in [0.4, 0.5) is 5.69 Å². The molecule has 0 aliphatic rings. The molecule has 1 heterocycles. The first-order chi connectivity index (χ1) is 10.4. The Morgan fingerprint density at radius 2 is 1.73 bits per heavy atom. The summed E-state index contributed by atoms with van der Waals surface area (Å²) in [6.07, 6.45) is 0. The van der Waals surface area contributed by atoms with Gasteiger partial charge in [-0.15, -0.1) is 0 Å². The number of carbonyl (C=O) groups excluding carboxylic acids is 1. The molecule has 0 N–H and O–H groups in total. The molecule has 6 nitrogen and oxygen atoms in total. The number of nitrogens with zero attached hydrogens (tertiary/aromatic N) is 2. The quantitative estimate of drug-likeness (QED) is 0.846. The minimum Gasteiger partial charge on any atom is -0.438 e. The highest BCUT2D eigenvalue weighted by Gasteiger charge is 2.25. The van der Waals surface area contributed by atoms with E-state index in [-0.39, 0.29) is 16.8 Å². The summed E-state index contributed by atoms with van der Waals surface area (Å²) in [5, 5.41) is -0.245. The Bertz CT molecular complexity index is 751. The van der Waals surface area contributed by atoms with Crippen LogP contribution in [0.25, 0.3) is 0 Å². The molecular weight excluding hydrogens is 304 g/mol. The number of furan rings is 1. The highest BCUT2D eigenvalue weighted by molar-refractivity contribution is 7.88. The topological polar surface area (TPSA) is 70.8 Å². The van der Waals surface area contributed by atoms with E-state index in [9.17, 15) is 13.2 Å². The van der Waals surface area contributed by atoms with E-state index in [1.165, 1.54) is 31.1 Å². The molecule has 0 saturated heterocycles. The summed E-state index contributed by atoms with van der Waals surface area (Å²) in [6, 6.07) is 11.8. The summed E-state index contributed by atoms with van der Waals surface area (Å²) in [6.45, 7) is 2.28. The van der Waals surface area contributed by atoms with Crippen molar-refractivity contribution >= 4 is 21.6 Å². The van der Waals surface area contributed by atoms with Crippen LogP contribution < -0.4 is 4.90 Å². The van der Waals surface area contributed by atoms with Crippen molar-refractivity contribution < 1.29 is 17.6 Å². The van der Waals surface area contributed by atoms with E-state index in [4.69, 9.17) is 4.42 Å². The van der Waals surface area contributed by atoms with Crippen LogP contribution in [0.3, 0.4) is 0 Å². The van der Waals surface area contributed by atoms with E-state index in [1.54, 1.807) is 0 Å². The van der Waals surface area contributed by atoms with Gasteiger partial charge in [-0.3, -0.25) is 4.79 Å². The van der Waals surface area contributed by atoms with Gasteiger partial charge in [-0.2, -0.15) is 0 Å². The number of carbonyl (C=O) groups is 1. The Morgan fingerprint density at radius 1 is 1.09 bits per heavy atom. The first-order valence-corrected chi connectivity index (χ1v) is 8.21. The number of rotatable bonds is 5. The Morgan fingerprint density at radius 3 is 2.27 bits per heavy atom. The minimum atomic E-state index is -3.69. The molecular formula is C15H18N2O4S. The SMILES string of the molecule is CCN(C(=O)c1ccc(S(=O)(=O)N(C)C)o1)c1ccccc1. The third-order valence-electron chi connectivity index (χ3n) is 3.16. The van der Waals surface area contributed by atoms with Crippen LogP contribution in [0, 0.1) is 0 Å². The first kappa shape index (κ1) is 16.3. The van der Waals surface area contributed by atoms with Crippen LogP contribution in [0.1, 0.15) is 17.5 Å². The monoisotopic (exact) mass is 322 g/mol. The van der Waals surface area contributed by atoms with E-state index in [2.05, 4.69) is 0 Å². The van der Waals surface area contributed by atoms with E-state index in [1.807, 2.05) is 37.3 Å². The van der Waals surface area contributed by atoms with Crippen LogP contribution in [-0.4, -0.2) is 39.3 Å². The van der Waals surface area contributed by atoms with Crippen LogP contribution in [0.2, 0.25) is 0 Å². The zero-order valence-corrected chi connectivity index (χ0v) is 13.5. The number of benzene rings is 1. The molecule has 1 aromatic heterocycles. The van der Waals surface area contributed by atoms with Crippen molar-refractivity contribution in [3.05, 3.63) is 48.2 Å². The second-order valence-electron chi connectivity index (χ2n) is 4.79. The van der Waals surface area contributed by atoms with Crippen molar-refractivity contribution in [3.8, 4) is 0 Å². The molecule has 0 saturated carbocycles. The summed E-state index contributed by atoms with van der Waals surface area (Å²) >= 11 is 0. The van der Waals surface area contributed by atoms with Crippen LogP contribution in [0.5, 0.6) is 0 Å². The molecule has 2 aromatic rings. The molecule has 22 heavy (non-hydrogen) atoms. The Labute approximate surface area is 130 Å². The van der Waals surface area contributed by atoms with Crippen molar-refractivity contribution in [1.29, 1.82) is 0 Å². The summed E-state index contributed by atoms with van der Waals surface area (Å²) in [5.74, 6) is -0.389. The fourth-order valence-corrected chi connectivity index (χ4v) is 2.73. The predicted molar refractivity (Wildman–Crippen MR) is 83.4 cm³/mol. The highest BCUT2D eigenvalue weighted by atomic mass is 32.2. The number of amides is 1. The standard InChI is InChI=1S/C15H18N2O4S/c1-4-17(12-8-6-5-7-9-12)15(18)13-10-11-14(21-13)22(19,20)16(2)3/h5-11H,4H2,1-3H3. The van der Waals surface area contributed by atoms with Crippen molar-refractivity contribution in [3.63, 3.8) is 0 Å². The van der Waals surface area contributed by atoms with Gasteiger partial charge in [0.05, 0.1) is 0 Å². The van der Waals surface area contributed by atoms with E-state index in [0.717, 1.165) is 9.99 Å². The lowest BCUT2D eigenvalue weighted by molar-refractivity contribution is 0.0956. The number of sulfonamides is 1. The molecule has 0 aliphatic heterocycles. The van der Waals surface area contributed by atoms with Gasteiger partial charge in [-0.05, 0) is 31.2 Å². The average Bonchev–Trinajstić information content (AvgIpc) is 2.99. The molecule has 7 heteroatoms. The van der Waals surface area contributed by atoms with Gasteiger partial charge in [0.1, 0.15) is 0 Å². The maximum Gasteiger partial charge on any atom is 0.294 e. The molecule has 0 fully saturated rings. The second-order valence-corrected chi connectivity index (χ2v) is 6.87. The number of para-hydroxylation sites is 1. The molecule has 0 bridgehead atoms. The Kier molecular flexibility index (Phi) is 4.68. The molecule has 1 aromatic carbocycles. The normalized spacial score (nSPS) is 11.6. The van der Waals surface area contributed by atoms with Crippen molar-refractivity contribution in [2.75, 3.05) is 25.5 Å². The molecule has 2 rings (SSSR count). The third-order valence-corrected chi connectivity index (χ3v) is 4.85. The van der Waals surface area contributed by atoms with Gasteiger partial charge in [0, 0.05) is 26.3 Å². The minimum absolute atomic E-state index is 0.00821. The molecule has 0 atom stereocenters. The summed E-state index contributed by atoms with van der Waals surface area (Å²) in [4.78, 5) is 14.0. The van der Waals surface area contributed by atoms with Gasteiger partial charge >= 0.3 is 0 Å². The van der Waals surface area contributed by atoms with Gasteiger partial charge in [-0.1, -0.05) is 18.2 Å². The summed E-state index contributed by atoms with van der Waals surface area (Å²) in [7, 11) is -0.882. The molecule has 0 aliphatic carbocycles. The maximum absolute atomic E-state index is 12.5. The number of hydrogen-bond acceptors (Lipinski definition) is 4. The predicted octanol–water partition coefficient (Wildman–Crippen LogP) is 2.20. The Balaban J connectivity index is 2.33. The van der Waals surface area contributed by atoms with Crippen molar-refractivity contribution in [1.82, 2.24) is 4.31 Å². The van der Waals surface area contributed by atoms with Crippen molar-refractivity contribution in [2.24, 2.45) is 0 Å². The van der Waals surface area contributed by atoms with Gasteiger partial charge in [0.15, 0.2) is 5.76 Å². The smallest absolute Gasteiger partial charge is 0.294 e. The van der Waals surface area contributed by atoms with E-state index in [0.29, 0.717) is 6.54 Å². The zero-order valence-electron chi connectivity index (χ0n) is 12.7. The van der Waals surface area contributed by atoms with Gasteiger partial charge in [0.2, 0.25) is 5.09 Å².